The van der Waals surface area contributed by atoms with E-state index in [0.29, 0.717) is 22.8 Å². The van der Waals surface area contributed by atoms with Crippen LogP contribution in [-0.4, -0.2) is 9.13 Å². The molecule has 0 fully saturated rings. The Kier molecular flexibility index (Phi) is 4.29. The second-order valence-electron chi connectivity index (χ2n) is 4.56. The fraction of sp³-hybridized carbons (Fsp3) is 0.286. The number of nitrogen functional groups attached to an aromatic ring is 1. The Labute approximate surface area is 121 Å². The Morgan fingerprint density at radius 1 is 1.25 bits per heavy atom. The summed E-state index contributed by atoms with van der Waals surface area (Å²) in [4.78, 5) is 24.1. The van der Waals surface area contributed by atoms with E-state index in [2.05, 4.69) is 0 Å². The van der Waals surface area contributed by atoms with Crippen molar-refractivity contribution in [1.82, 2.24) is 9.13 Å². The molecule has 0 bridgehead atoms. The van der Waals surface area contributed by atoms with Gasteiger partial charge in [0.1, 0.15) is 0 Å². The van der Waals surface area contributed by atoms with Gasteiger partial charge >= 0.3 is 5.69 Å². The van der Waals surface area contributed by atoms with Crippen LogP contribution in [0.5, 0.6) is 0 Å². The predicted molar refractivity (Wildman–Crippen MR) is 80.2 cm³/mol. The average Bonchev–Trinajstić information content (AvgIpc) is 2.42. The molecule has 2 N–H and O–H groups in total. The summed E-state index contributed by atoms with van der Waals surface area (Å²) in [5.74, 6) is 0. The topological polar surface area (TPSA) is 70.0 Å². The molecule has 0 saturated carbocycles. The summed E-state index contributed by atoms with van der Waals surface area (Å²) in [6, 6.07) is 6.39. The molecule has 5 nitrogen and oxygen atoms in total. The van der Waals surface area contributed by atoms with E-state index in [1.54, 1.807) is 18.2 Å². The zero-order valence-electron chi connectivity index (χ0n) is 11.2. The van der Waals surface area contributed by atoms with Crippen LogP contribution in [0.3, 0.4) is 0 Å². The summed E-state index contributed by atoms with van der Waals surface area (Å²) in [6.45, 7) is 2.66. The lowest BCUT2D eigenvalue weighted by Crippen LogP contribution is -2.39. The first kappa shape index (κ1) is 14.4. The second kappa shape index (κ2) is 5.96. The van der Waals surface area contributed by atoms with Crippen molar-refractivity contribution in [3.63, 3.8) is 0 Å². The lowest BCUT2D eigenvalue weighted by Gasteiger charge is -2.11. The van der Waals surface area contributed by atoms with Crippen LogP contribution in [0, 0.1) is 0 Å². The van der Waals surface area contributed by atoms with Gasteiger partial charge < -0.3 is 10.3 Å². The molecule has 0 saturated heterocycles. The third-order valence-electron chi connectivity index (χ3n) is 3.04. The van der Waals surface area contributed by atoms with E-state index in [0.717, 1.165) is 11.0 Å². The number of nitrogens with zero attached hydrogens (tertiary/aromatic N) is 2. The summed E-state index contributed by atoms with van der Waals surface area (Å²) >= 11 is 5.92. The normalized spacial score (nSPS) is 10.7. The molecule has 20 heavy (non-hydrogen) atoms. The maximum atomic E-state index is 12.2. The fourth-order valence-electron chi connectivity index (χ4n) is 2.00. The third kappa shape index (κ3) is 2.93. The molecule has 1 heterocycles. The Bertz CT molecular complexity index is 734. The number of anilines is 1. The van der Waals surface area contributed by atoms with Crippen molar-refractivity contribution in [3.05, 3.63) is 61.9 Å². The highest BCUT2D eigenvalue weighted by molar-refractivity contribution is 6.30. The Morgan fingerprint density at radius 2 is 2.00 bits per heavy atom. The Balaban J connectivity index is 2.48. The van der Waals surface area contributed by atoms with Gasteiger partial charge in [0.25, 0.3) is 5.56 Å². The van der Waals surface area contributed by atoms with Crippen LogP contribution >= 0.6 is 11.6 Å². The Morgan fingerprint density at radius 3 is 2.70 bits per heavy atom. The molecule has 0 atom stereocenters. The first-order valence-electron chi connectivity index (χ1n) is 6.37. The monoisotopic (exact) mass is 293 g/mol. The lowest BCUT2D eigenvalue weighted by molar-refractivity contribution is 0.571. The summed E-state index contributed by atoms with van der Waals surface area (Å²) in [5, 5.41) is 0.520. The van der Waals surface area contributed by atoms with Crippen LogP contribution in [0.4, 0.5) is 5.69 Å². The molecule has 1 aromatic heterocycles. The van der Waals surface area contributed by atoms with E-state index in [9.17, 15) is 9.59 Å². The van der Waals surface area contributed by atoms with Gasteiger partial charge in [-0.3, -0.25) is 9.36 Å². The van der Waals surface area contributed by atoms with Crippen LogP contribution in [-0.2, 0) is 13.1 Å². The minimum absolute atomic E-state index is 0.120. The number of halogens is 1. The molecule has 0 spiro atoms. The summed E-state index contributed by atoms with van der Waals surface area (Å²) < 4.78 is 2.68. The standard InChI is InChI=1S/C14H16ClN3O2/c1-2-6-17-7-5-13(19)18(14(17)20)9-10-8-11(15)3-4-12(10)16/h3-5,7-8H,2,6,9,16H2,1H3. The minimum Gasteiger partial charge on any atom is -0.398 e. The molecule has 0 aliphatic rings. The third-order valence-corrected chi connectivity index (χ3v) is 3.27. The molecular formula is C14H16ClN3O2. The van der Waals surface area contributed by atoms with Crippen molar-refractivity contribution in [2.24, 2.45) is 0 Å². The van der Waals surface area contributed by atoms with Gasteiger partial charge in [0.15, 0.2) is 0 Å². The zero-order chi connectivity index (χ0) is 14.7. The highest BCUT2D eigenvalue weighted by atomic mass is 35.5. The molecule has 0 aliphatic heterocycles. The fourth-order valence-corrected chi connectivity index (χ4v) is 2.19. The molecule has 6 heteroatoms. The van der Waals surface area contributed by atoms with Crippen molar-refractivity contribution in [3.8, 4) is 0 Å². The molecule has 0 aliphatic carbocycles. The first-order chi connectivity index (χ1) is 9.52. The largest absolute Gasteiger partial charge is 0.398 e. The van der Waals surface area contributed by atoms with E-state index in [-0.39, 0.29) is 17.8 Å². The molecule has 106 valence electrons. The molecule has 0 unspecified atom stereocenters. The van der Waals surface area contributed by atoms with Crippen LogP contribution < -0.4 is 17.0 Å². The van der Waals surface area contributed by atoms with Crippen LogP contribution in [0.2, 0.25) is 5.02 Å². The molecular weight excluding hydrogens is 278 g/mol. The van der Waals surface area contributed by atoms with E-state index >= 15 is 0 Å². The van der Waals surface area contributed by atoms with Crippen LogP contribution in [0.25, 0.3) is 0 Å². The van der Waals surface area contributed by atoms with E-state index < -0.39 is 0 Å². The maximum absolute atomic E-state index is 12.2. The van der Waals surface area contributed by atoms with Gasteiger partial charge in [0.2, 0.25) is 0 Å². The number of nitrogens with two attached hydrogens (primary N) is 1. The van der Waals surface area contributed by atoms with E-state index in [1.165, 1.54) is 16.8 Å². The van der Waals surface area contributed by atoms with Crippen molar-refractivity contribution in [2.75, 3.05) is 5.73 Å². The van der Waals surface area contributed by atoms with Gasteiger partial charge in [0, 0.05) is 29.5 Å². The zero-order valence-corrected chi connectivity index (χ0v) is 11.9. The predicted octanol–water partition coefficient (Wildman–Crippen LogP) is 1.70. The molecule has 2 rings (SSSR count). The average molecular weight is 294 g/mol. The van der Waals surface area contributed by atoms with Gasteiger partial charge in [-0.15, -0.1) is 0 Å². The lowest BCUT2D eigenvalue weighted by atomic mass is 10.2. The second-order valence-corrected chi connectivity index (χ2v) is 5.00. The maximum Gasteiger partial charge on any atom is 0.331 e. The van der Waals surface area contributed by atoms with Crippen molar-refractivity contribution >= 4 is 17.3 Å². The highest BCUT2D eigenvalue weighted by Gasteiger charge is 2.08. The molecule has 0 amide bonds. The summed E-state index contributed by atoms with van der Waals surface area (Å²) in [6.07, 6.45) is 2.34. The van der Waals surface area contributed by atoms with Crippen LogP contribution in [0.1, 0.15) is 18.9 Å². The van der Waals surface area contributed by atoms with Crippen LogP contribution in [0.15, 0.2) is 40.1 Å². The van der Waals surface area contributed by atoms with E-state index in [1.807, 2.05) is 6.92 Å². The number of benzene rings is 1. The number of hydrogen-bond acceptors (Lipinski definition) is 3. The summed E-state index contributed by atoms with van der Waals surface area (Å²) in [7, 11) is 0. The molecule has 0 radical (unpaired) electrons. The number of aromatic nitrogens is 2. The number of rotatable bonds is 4. The summed E-state index contributed by atoms with van der Waals surface area (Å²) in [5.41, 5.74) is 6.34. The van der Waals surface area contributed by atoms with Gasteiger partial charge in [-0.25, -0.2) is 4.79 Å². The molecule has 1 aromatic carbocycles. The quantitative estimate of drug-likeness (QED) is 0.872. The highest BCUT2D eigenvalue weighted by Crippen LogP contribution is 2.18. The number of aryl methyl sites for hydroxylation is 1. The van der Waals surface area contributed by atoms with Gasteiger partial charge in [0.05, 0.1) is 6.54 Å². The van der Waals surface area contributed by atoms with Gasteiger partial charge in [-0.05, 0) is 30.2 Å². The van der Waals surface area contributed by atoms with Gasteiger partial charge in [-0.2, -0.15) is 0 Å². The molecule has 2 aromatic rings. The smallest absolute Gasteiger partial charge is 0.331 e. The Hall–Kier alpha value is -2.01. The van der Waals surface area contributed by atoms with Crippen molar-refractivity contribution in [1.29, 1.82) is 0 Å². The van der Waals surface area contributed by atoms with Crippen molar-refractivity contribution < 1.29 is 0 Å². The van der Waals surface area contributed by atoms with Crippen molar-refractivity contribution in [2.45, 2.75) is 26.4 Å². The van der Waals surface area contributed by atoms with E-state index in [4.69, 9.17) is 17.3 Å². The SMILES string of the molecule is CCCn1ccc(=O)n(Cc2cc(Cl)ccc2N)c1=O. The van der Waals surface area contributed by atoms with Gasteiger partial charge in [-0.1, -0.05) is 18.5 Å². The first-order valence-corrected chi connectivity index (χ1v) is 6.75. The number of hydrogen-bond donors (Lipinski definition) is 1. The minimum atomic E-state index is -0.346.